The molecule has 0 radical (unpaired) electrons. The van der Waals surface area contributed by atoms with E-state index in [1.807, 2.05) is 6.92 Å². The van der Waals surface area contributed by atoms with E-state index in [1.54, 1.807) is 19.9 Å². The van der Waals surface area contributed by atoms with Crippen LogP contribution in [0.1, 0.15) is 41.6 Å². The maximum atomic E-state index is 11.7. The summed E-state index contributed by atoms with van der Waals surface area (Å²) in [6.45, 7) is 5.91. The fourth-order valence-electron chi connectivity index (χ4n) is 1.55. The smallest absolute Gasteiger partial charge is 0.254 e. The number of amides is 1. The standard InChI is InChI=1S/C12H19NO3/c1-8(14)5-4-6-13-12(15)11-7-9(2)16-10(11)3/h7-8,14H,4-6H2,1-3H3,(H,13,15). The van der Waals surface area contributed by atoms with Crippen LogP contribution in [0, 0.1) is 13.8 Å². The van der Waals surface area contributed by atoms with E-state index in [4.69, 9.17) is 9.52 Å². The lowest BCUT2D eigenvalue weighted by atomic mass is 10.2. The molecule has 1 amide bonds. The summed E-state index contributed by atoms with van der Waals surface area (Å²) in [6.07, 6.45) is 1.16. The quantitative estimate of drug-likeness (QED) is 0.751. The minimum Gasteiger partial charge on any atom is -0.466 e. The Kier molecular flexibility index (Phi) is 4.55. The number of furan rings is 1. The Bertz CT molecular complexity index is 355. The van der Waals surface area contributed by atoms with Gasteiger partial charge in [-0.3, -0.25) is 4.79 Å². The highest BCUT2D eigenvalue weighted by Crippen LogP contribution is 2.13. The number of nitrogens with one attached hydrogen (secondary N) is 1. The molecule has 2 N–H and O–H groups in total. The number of carbonyl (C=O) groups is 1. The van der Waals surface area contributed by atoms with Crippen molar-refractivity contribution in [3.8, 4) is 0 Å². The van der Waals surface area contributed by atoms with Crippen LogP contribution in [0.2, 0.25) is 0 Å². The fourth-order valence-corrected chi connectivity index (χ4v) is 1.55. The first kappa shape index (κ1) is 12.8. The Labute approximate surface area is 95.7 Å². The monoisotopic (exact) mass is 225 g/mol. The second-order valence-electron chi connectivity index (χ2n) is 4.07. The van der Waals surface area contributed by atoms with Gasteiger partial charge in [-0.1, -0.05) is 0 Å². The second-order valence-corrected chi connectivity index (χ2v) is 4.07. The number of aryl methyl sites for hydroxylation is 2. The molecule has 1 rings (SSSR count). The van der Waals surface area contributed by atoms with Gasteiger partial charge in [0.05, 0.1) is 11.7 Å². The molecular weight excluding hydrogens is 206 g/mol. The van der Waals surface area contributed by atoms with Gasteiger partial charge in [-0.2, -0.15) is 0 Å². The molecule has 1 unspecified atom stereocenters. The van der Waals surface area contributed by atoms with Crippen LogP contribution in [0.4, 0.5) is 0 Å². The van der Waals surface area contributed by atoms with Gasteiger partial charge in [0.1, 0.15) is 11.5 Å². The maximum absolute atomic E-state index is 11.7. The highest BCUT2D eigenvalue weighted by molar-refractivity contribution is 5.95. The third kappa shape index (κ3) is 3.70. The van der Waals surface area contributed by atoms with Crippen molar-refractivity contribution in [1.29, 1.82) is 0 Å². The Hall–Kier alpha value is -1.29. The lowest BCUT2D eigenvalue weighted by molar-refractivity contribution is 0.0948. The molecular formula is C12H19NO3. The molecule has 1 heterocycles. The third-order valence-corrected chi connectivity index (χ3v) is 2.37. The molecule has 0 saturated carbocycles. The first-order valence-electron chi connectivity index (χ1n) is 5.54. The molecule has 0 fully saturated rings. The van der Waals surface area contributed by atoms with Gasteiger partial charge >= 0.3 is 0 Å². The van der Waals surface area contributed by atoms with E-state index in [9.17, 15) is 4.79 Å². The van der Waals surface area contributed by atoms with Crippen LogP contribution in [0.25, 0.3) is 0 Å². The normalized spacial score (nSPS) is 12.5. The van der Waals surface area contributed by atoms with Crippen molar-refractivity contribution >= 4 is 5.91 Å². The fraction of sp³-hybridized carbons (Fsp3) is 0.583. The van der Waals surface area contributed by atoms with Gasteiger partial charge in [-0.25, -0.2) is 0 Å². The van der Waals surface area contributed by atoms with E-state index >= 15 is 0 Å². The molecule has 4 heteroatoms. The number of carbonyl (C=O) groups excluding carboxylic acids is 1. The molecule has 0 aliphatic carbocycles. The first-order chi connectivity index (χ1) is 7.50. The minimum absolute atomic E-state index is 0.111. The van der Waals surface area contributed by atoms with Crippen molar-refractivity contribution in [1.82, 2.24) is 5.32 Å². The number of hydrogen-bond acceptors (Lipinski definition) is 3. The van der Waals surface area contributed by atoms with Crippen LogP contribution in [0.3, 0.4) is 0 Å². The number of aliphatic hydroxyl groups excluding tert-OH is 1. The molecule has 0 aliphatic heterocycles. The Morgan fingerprint density at radius 3 is 2.75 bits per heavy atom. The van der Waals surface area contributed by atoms with Crippen LogP contribution in [-0.4, -0.2) is 23.7 Å². The summed E-state index contributed by atoms with van der Waals surface area (Å²) in [7, 11) is 0. The summed E-state index contributed by atoms with van der Waals surface area (Å²) < 4.78 is 5.28. The average Bonchev–Trinajstić information content (AvgIpc) is 2.52. The topological polar surface area (TPSA) is 62.5 Å². The molecule has 0 aliphatic rings. The van der Waals surface area contributed by atoms with E-state index in [0.29, 0.717) is 24.3 Å². The van der Waals surface area contributed by atoms with Crippen molar-refractivity contribution in [3.63, 3.8) is 0 Å². The predicted molar refractivity (Wildman–Crippen MR) is 61.4 cm³/mol. The van der Waals surface area contributed by atoms with Gasteiger partial charge in [0, 0.05) is 6.54 Å². The van der Waals surface area contributed by atoms with Crippen molar-refractivity contribution in [3.05, 3.63) is 23.2 Å². The predicted octanol–water partition coefficient (Wildman–Crippen LogP) is 1.79. The van der Waals surface area contributed by atoms with E-state index < -0.39 is 0 Å². The molecule has 16 heavy (non-hydrogen) atoms. The molecule has 0 aromatic carbocycles. The van der Waals surface area contributed by atoms with Crippen LogP contribution in [0.15, 0.2) is 10.5 Å². The highest BCUT2D eigenvalue weighted by atomic mass is 16.3. The van der Waals surface area contributed by atoms with Gasteiger partial charge in [0.2, 0.25) is 0 Å². The van der Waals surface area contributed by atoms with E-state index in [-0.39, 0.29) is 12.0 Å². The first-order valence-corrected chi connectivity index (χ1v) is 5.54. The summed E-state index contributed by atoms with van der Waals surface area (Å²) >= 11 is 0. The zero-order chi connectivity index (χ0) is 12.1. The maximum Gasteiger partial charge on any atom is 0.254 e. The van der Waals surface area contributed by atoms with Crippen LogP contribution in [0.5, 0.6) is 0 Å². The van der Waals surface area contributed by atoms with Crippen molar-refractivity contribution < 1.29 is 14.3 Å². The highest BCUT2D eigenvalue weighted by Gasteiger charge is 2.12. The van der Waals surface area contributed by atoms with Gasteiger partial charge < -0.3 is 14.8 Å². The van der Waals surface area contributed by atoms with Gasteiger partial charge in [0.15, 0.2) is 0 Å². The lowest BCUT2D eigenvalue weighted by Gasteiger charge is -2.05. The summed E-state index contributed by atoms with van der Waals surface area (Å²) in [5.41, 5.74) is 0.592. The van der Waals surface area contributed by atoms with E-state index in [2.05, 4.69) is 5.32 Å². The Balaban J connectivity index is 2.38. The van der Waals surface area contributed by atoms with Gasteiger partial charge in [-0.15, -0.1) is 0 Å². The van der Waals surface area contributed by atoms with Crippen molar-refractivity contribution in [2.75, 3.05) is 6.54 Å². The summed E-state index contributed by atoms with van der Waals surface area (Å²) in [6, 6.07) is 1.74. The summed E-state index contributed by atoms with van der Waals surface area (Å²) in [4.78, 5) is 11.7. The van der Waals surface area contributed by atoms with E-state index in [0.717, 1.165) is 12.2 Å². The molecule has 0 bridgehead atoms. The van der Waals surface area contributed by atoms with Crippen LogP contribution in [-0.2, 0) is 0 Å². The molecule has 0 spiro atoms. The van der Waals surface area contributed by atoms with E-state index in [1.165, 1.54) is 0 Å². The number of rotatable bonds is 5. The average molecular weight is 225 g/mol. The minimum atomic E-state index is -0.310. The molecule has 90 valence electrons. The van der Waals surface area contributed by atoms with Crippen molar-refractivity contribution in [2.24, 2.45) is 0 Å². The molecule has 1 atom stereocenters. The number of aliphatic hydroxyl groups is 1. The molecule has 0 saturated heterocycles. The Morgan fingerprint density at radius 1 is 1.56 bits per heavy atom. The summed E-state index contributed by atoms with van der Waals surface area (Å²) in [5, 5.41) is 11.9. The van der Waals surface area contributed by atoms with Crippen molar-refractivity contribution in [2.45, 2.75) is 39.7 Å². The lowest BCUT2D eigenvalue weighted by Crippen LogP contribution is -2.25. The largest absolute Gasteiger partial charge is 0.466 e. The van der Waals surface area contributed by atoms with Gasteiger partial charge in [0.25, 0.3) is 5.91 Å². The molecule has 1 aromatic rings. The molecule has 1 aromatic heterocycles. The Morgan fingerprint density at radius 2 is 2.25 bits per heavy atom. The SMILES string of the molecule is Cc1cc(C(=O)NCCCC(C)O)c(C)o1. The third-order valence-electron chi connectivity index (χ3n) is 2.37. The number of hydrogen-bond donors (Lipinski definition) is 2. The zero-order valence-corrected chi connectivity index (χ0v) is 10.0. The van der Waals surface area contributed by atoms with Crippen LogP contribution >= 0.6 is 0 Å². The van der Waals surface area contributed by atoms with Gasteiger partial charge in [-0.05, 0) is 39.7 Å². The van der Waals surface area contributed by atoms with Crippen LogP contribution < -0.4 is 5.32 Å². The summed E-state index contributed by atoms with van der Waals surface area (Å²) in [5.74, 6) is 1.28. The molecule has 4 nitrogen and oxygen atoms in total. The zero-order valence-electron chi connectivity index (χ0n) is 10.0. The second kappa shape index (κ2) is 5.70.